The molecule has 4 heterocycles. The number of rotatable bonds is 3. The molecule has 3 amide bonds. The Labute approximate surface area is 171 Å². The molecule has 3 saturated heterocycles. The summed E-state index contributed by atoms with van der Waals surface area (Å²) < 4.78 is 31.6. The van der Waals surface area contributed by atoms with Crippen molar-refractivity contribution in [3.8, 4) is 0 Å². The first-order valence-corrected chi connectivity index (χ1v) is 11.7. The summed E-state index contributed by atoms with van der Waals surface area (Å²) in [5.74, 6) is 0.575. The summed E-state index contributed by atoms with van der Waals surface area (Å²) in [6.45, 7) is 2.32. The largest absolute Gasteiger partial charge is 0.467 e. The molecule has 0 bridgehead atoms. The molecule has 2 atom stereocenters. The minimum absolute atomic E-state index is 0.00900. The van der Waals surface area contributed by atoms with Crippen molar-refractivity contribution in [3.63, 3.8) is 0 Å². The number of piperidine rings is 1. The number of hydrogen-bond donors (Lipinski definition) is 1. The molecule has 3 aliphatic rings. The van der Waals surface area contributed by atoms with Gasteiger partial charge in [0, 0.05) is 39.3 Å². The molecule has 0 aliphatic carbocycles. The molecule has 1 aromatic rings. The fourth-order valence-electron chi connectivity index (χ4n) is 4.92. The fourth-order valence-corrected chi connectivity index (χ4v) is 6.52. The Morgan fingerprint density at radius 3 is 2.69 bits per heavy atom. The van der Waals surface area contributed by atoms with E-state index in [1.807, 2.05) is 4.90 Å². The van der Waals surface area contributed by atoms with Gasteiger partial charge in [-0.2, -0.15) is 0 Å². The van der Waals surface area contributed by atoms with Crippen molar-refractivity contribution in [2.75, 3.05) is 39.0 Å². The van der Waals surface area contributed by atoms with Crippen LogP contribution in [-0.4, -0.2) is 79.5 Å². The Balaban J connectivity index is 1.55. The average Bonchev–Trinajstić information content (AvgIpc) is 3.42. The molecule has 0 saturated carbocycles. The molecule has 4 rings (SSSR count). The second-order valence-corrected chi connectivity index (χ2v) is 10.3. The molecule has 0 spiro atoms. The van der Waals surface area contributed by atoms with Crippen LogP contribution in [0.5, 0.6) is 0 Å². The van der Waals surface area contributed by atoms with E-state index in [1.54, 1.807) is 30.3 Å². The summed E-state index contributed by atoms with van der Waals surface area (Å²) in [4.78, 5) is 29.8. The second-order valence-electron chi connectivity index (χ2n) is 8.20. The number of urea groups is 1. The van der Waals surface area contributed by atoms with Crippen LogP contribution in [0.25, 0.3) is 0 Å². The number of hydrogen-bond acceptors (Lipinski definition) is 5. The van der Waals surface area contributed by atoms with E-state index < -0.39 is 21.5 Å². The van der Waals surface area contributed by atoms with Gasteiger partial charge in [-0.25, -0.2) is 17.5 Å². The van der Waals surface area contributed by atoms with Crippen LogP contribution >= 0.6 is 0 Å². The summed E-state index contributed by atoms with van der Waals surface area (Å²) in [6.07, 6.45) is 4.18. The Hall–Kier alpha value is -2.07. The van der Waals surface area contributed by atoms with Gasteiger partial charge in [0.25, 0.3) is 0 Å². The van der Waals surface area contributed by atoms with Gasteiger partial charge in [-0.15, -0.1) is 0 Å². The van der Waals surface area contributed by atoms with Gasteiger partial charge in [0.05, 0.1) is 24.0 Å². The third-order valence-electron chi connectivity index (χ3n) is 6.57. The van der Waals surface area contributed by atoms with Gasteiger partial charge < -0.3 is 19.5 Å². The molecule has 1 N–H and O–H groups in total. The monoisotopic (exact) mass is 424 g/mol. The van der Waals surface area contributed by atoms with Crippen molar-refractivity contribution in [3.05, 3.63) is 24.2 Å². The number of furan rings is 1. The van der Waals surface area contributed by atoms with Crippen LogP contribution in [0.1, 0.15) is 31.4 Å². The number of nitrogens with zero attached hydrogens (tertiary/aromatic N) is 3. The lowest BCUT2D eigenvalue weighted by Crippen LogP contribution is -2.68. The Morgan fingerprint density at radius 1 is 1.24 bits per heavy atom. The first-order valence-electron chi connectivity index (χ1n) is 10.1. The minimum atomic E-state index is -3.37. The van der Waals surface area contributed by atoms with Crippen LogP contribution in [0.15, 0.2) is 22.8 Å². The number of sulfonamides is 1. The molecule has 29 heavy (non-hydrogen) atoms. The number of fused-ring (bicyclic) bond motifs is 1. The summed E-state index contributed by atoms with van der Waals surface area (Å²) in [6, 6.07) is 2.87. The zero-order valence-electron chi connectivity index (χ0n) is 16.7. The van der Waals surface area contributed by atoms with E-state index in [4.69, 9.17) is 4.42 Å². The van der Waals surface area contributed by atoms with Gasteiger partial charge in [-0.3, -0.25) is 4.79 Å². The number of nitrogens with one attached hydrogen (secondary N) is 1. The van der Waals surface area contributed by atoms with Gasteiger partial charge in [-0.1, -0.05) is 0 Å². The standard InChI is InChI=1S/C19H28N4O5S/c1-21-16-6-10-23(18(25)20-13-15-5-4-11-28-15)14-19(16,7-12-29(21,26)27)17(24)22-8-2-3-9-22/h4-5,11,16H,2-3,6-10,12-14H2,1H3,(H,20,25)/t16-,19+/m1/s1. The number of amides is 3. The van der Waals surface area contributed by atoms with Crippen molar-refractivity contribution in [2.45, 2.75) is 38.3 Å². The maximum atomic E-state index is 13.6. The van der Waals surface area contributed by atoms with E-state index in [1.165, 1.54) is 4.31 Å². The van der Waals surface area contributed by atoms with Crippen LogP contribution in [-0.2, 0) is 21.4 Å². The Morgan fingerprint density at radius 2 is 2.00 bits per heavy atom. The van der Waals surface area contributed by atoms with Gasteiger partial charge in [0.15, 0.2) is 0 Å². The topological polar surface area (TPSA) is 103 Å². The minimum Gasteiger partial charge on any atom is -0.467 e. The highest BCUT2D eigenvalue weighted by atomic mass is 32.2. The van der Waals surface area contributed by atoms with Gasteiger partial charge in [0.2, 0.25) is 15.9 Å². The zero-order chi connectivity index (χ0) is 20.6. The first kappa shape index (κ1) is 20.2. The summed E-state index contributed by atoms with van der Waals surface area (Å²) in [7, 11) is -1.81. The lowest BCUT2D eigenvalue weighted by atomic mass is 9.72. The van der Waals surface area contributed by atoms with Crippen molar-refractivity contribution in [1.29, 1.82) is 0 Å². The predicted octanol–water partition coefficient (Wildman–Crippen LogP) is 0.838. The fraction of sp³-hybridized carbons (Fsp3) is 0.684. The maximum Gasteiger partial charge on any atom is 0.317 e. The third kappa shape index (κ3) is 3.63. The molecular formula is C19H28N4O5S. The Bertz CT molecular complexity index is 865. The molecule has 160 valence electrons. The Kier molecular flexibility index (Phi) is 5.32. The van der Waals surface area contributed by atoms with Crippen LogP contribution in [0, 0.1) is 5.41 Å². The van der Waals surface area contributed by atoms with E-state index in [-0.39, 0.29) is 37.2 Å². The first-order chi connectivity index (χ1) is 13.8. The van der Waals surface area contributed by atoms with Crippen LogP contribution in [0.2, 0.25) is 0 Å². The smallest absolute Gasteiger partial charge is 0.317 e. The zero-order valence-corrected chi connectivity index (χ0v) is 17.5. The number of carbonyl (C=O) groups excluding carboxylic acids is 2. The van der Waals surface area contributed by atoms with Crippen molar-refractivity contribution >= 4 is 22.0 Å². The molecular weight excluding hydrogens is 396 g/mol. The predicted molar refractivity (Wildman–Crippen MR) is 105 cm³/mol. The average molecular weight is 425 g/mol. The maximum absolute atomic E-state index is 13.6. The molecule has 10 heteroatoms. The second kappa shape index (κ2) is 7.64. The van der Waals surface area contributed by atoms with Gasteiger partial charge >= 0.3 is 6.03 Å². The quantitative estimate of drug-likeness (QED) is 0.774. The number of likely N-dealkylation sites (tertiary alicyclic amines) is 2. The normalized spacial score (nSPS) is 29.5. The highest BCUT2D eigenvalue weighted by Crippen LogP contribution is 2.43. The highest BCUT2D eigenvalue weighted by Gasteiger charge is 2.58. The molecule has 1 aromatic heterocycles. The lowest BCUT2D eigenvalue weighted by molar-refractivity contribution is -0.148. The third-order valence-corrected chi connectivity index (χ3v) is 8.42. The van der Waals surface area contributed by atoms with E-state index in [9.17, 15) is 18.0 Å². The van der Waals surface area contributed by atoms with E-state index >= 15 is 0 Å². The summed E-state index contributed by atoms with van der Waals surface area (Å²) in [5, 5.41) is 2.84. The molecule has 3 aliphatic heterocycles. The summed E-state index contributed by atoms with van der Waals surface area (Å²) >= 11 is 0. The van der Waals surface area contributed by atoms with Gasteiger partial charge in [0.1, 0.15) is 5.76 Å². The molecule has 9 nitrogen and oxygen atoms in total. The van der Waals surface area contributed by atoms with Crippen LogP contribution < -0.4 is 5.32 Å². The van der Waals surface area contributed by atoms with E-state index in [2.05, 4.69) is 5.32 Å². The van der Waals surface area contributed by atoms with E-state index in [0.29, 0.717) is 31.8 Å². The van der Waals surface area contributed by atoms with Crippen LogP contribution in [0.4, 0.5) is 4.79 Å². The summed E-state index contributed by atoms with van der Waals surface area (Å²) in [5.41, 5.74) is -0.884. The molecule has 3 fully saturated rings. The molecule has 0 unspecified atom stereocenters. The molecule has 0 aromatic carbocycles. The number of carbonyl (C=O) groups is 2. The van der Waals surface area contributed by atoms with E-state index in [0.717, 1.165) is 12.8 Å². The SMILES string of the molecule is CN1[C@@H]2CCN(C(=O)NCc3ccco3)C[C@@]2(C(=O)N2CCCC2)CCS1(=O)=O. The van der Waals surface area contributed by atoms with Crippen molar-refractivity contribution in [2.24, 2.45) is 5.41 Å². The highest BCUT2D eigenvalue weighted by molar-refractivity contribution is 7.89. The van der Waals surface area contributed by atoms with Crippen molar-refractivity contribution in [1.82, 2.24) is 19.4 Å². The lowest BCUT2D eigenvalue weighted by Gasteiger charge is -2.53. The van der Waals surface area contributed by atoms with Crippen LogP contribution in [0.3, 0.4) is 0 Å². The van der Waals surface area contributed by atoms with Gasteiger partial charge in [-0.05, 0) is 37.8 Å². The van der Waals surface area contributed by atoms with Crippen molar-refractivity contribution < 1.29 is 22.4 Å². The molecule has 0 radical (unpaired) electrons.